The van der Waals surface area contributed by atoms with Gasteiger partial charge < -0.3 is 10.5 Å². The van der Waals surface area contributed by atoms with Crippen LogP contribution >= 0.6 is 0 Å². The van der Waals surface area contributed by atoms with Crippen molar-refractivity contribution < 1.29 is 4.74 Å². The van der Waals surface area contributed by atoms with Crippen LogP contribution in [0.5, 0.6) is 5.75 Å². The molecule has 1 aromatic rings. The van der Waals surface area contributed by atoms with E-state index in [9.17, 15) is 0 Å². The first-order valence-corrected chi connectivity index (χ1v) is 5.67. The van der Waals surface area contributed by atoms with Gasteiger partial charge in [0.2, 0.25) is 0 Å². The summed E-state index contributed by atoms with van der Waals surface area (Å²) in [5, 5.41) is 0. The molecule has 2 heteroatoms. The molecule has 0 aliphatic heterocycles. The fraction of sp³-hybridized carbons (Fsp3) is 0.538. The maximum atomic E-state index is 6.23. The highest BCUT2D eigenvalue weighted by atomic mass is 16.5. The third-order valence-corrected chi connectivity index (χ3v) is 3.21. The van der Waals surface area contributed by atoms with Crippen molar-refractivity contribution in [3.05, 3.63) is 29.8 Å². The van der Waals surface area contributed by atoms with Gasteiger partial charge in [0.15, 0.2) is 0 Å². The quantitative estimate of drug-likeness (QED) is 0.823. The van der Waals surface area contributed by atoms with Crippen molar-refractivity contribution in [2.45, 2.75) is 38.1 Å². The molecule has 0 aromatic heterocycles. The Kier molecular flexibility index (Phi) is 2.96. The average molecular weight is 205 g/mol. The lowest BCUT2D eigenvalue weighted by Crippen LogP contribution is -2.42. The molecule has 2 rings (SSSR count). The Labute approximate surface area is 91.4 Å². The molecule has 0 unspecified atom stereocenters. The Morgan fingerprint density at radius 3 is 2.60 bits per heavy atom. The molecule has 0 radical (unpaired) electrons. The zero-order valence-corrected chi connectivity index (χ0v) is 9.33. The predicted molar refractivity (Wildman–Crippen MR) is 62.1 cm³/mol. The molecule has 82 valence electrons. The van der Waals surface area contributed by atoms with Crippen LogP contribution in [0, 0.1) is 6.92 Å². The zero-order valence-electron chi connectivity index (χ0n) is 9.33. The van der Waals surface area contributed by atoms with Gasteiger partial charge in [0.1, 0.15) is 12.4 Å². The molecule has 0 amide bonds. The van der Waals surface area contributed by atoms with Crippen molar-refractivity contribution >= 4 is 0 Å². The number of hydrogen-bond donors (Lipinski definition) is 1. The zero-order chi connectivity index (χ0) is 10.7. The van der Waals surface area contributed by atoms with Crippen LogP contribution in [0.25, 0.3) is 0 Å². The van der Waals surface area contributed by atoms with E-state index >= 15 is 0 Å². The van der Waals surface area contributed by atoms with Gasteiger partial charge in [-0.3, -0.25) is 0 Å². The van der Waals surface area contributed by atoms with Crippen LogP contribution in [0.3, 0.4) is 0 Å². The minimum absolute atomic E-state index is 0.0811. The van der Waals surface area contributed by atoms with Gasteiger partial charge >= 0.3 is 0 Å². The highest BCUT2D eigenvalue weighted by Crippen LogP contribution is 2.28. The molecular weight excluding hydrogens is 186 g/mol. The molecule has 0 atom stereocenters. The first-order chi connectivity index (χ1) is 7.20. The second-order valence-corrected chi connectivity index (χ2v) is 4.62. The van der Waals surface area contributed by atoms with Crippen molar-refractivity contribution in [2.24, 2.45) is 5.73 Å². The van der Waals surface area contributed by atoms with E-state index in [-0.39, 0.29) is 5.54 Å². The monoisotopic (exact) mass is 205 g/mol. The third kappa shape index (κ3) is 2.51. The normalized spacial score (nSPS) is 19.1. The Morgan fingerprint density at radius 2 is 1.93 bits per heavy atom. The van der Waals surface area contributed by atoms with Crippen molar-refractivity contribution in [2.75, 3.05) is 6.61 Å². The lowest BCUT2D eigenvalue weighted by Gasteiger charge is -2.24. The third-order valence-electron chi connectivity index (χ3n) is 3.21. The minimum Gasteiger partial charge on any atom is -0.491 e. The summed E-state index contributed by atoms with van der Waals surface area (Å²) in [7, 11) is 0. The average Bonchev–Trinajstić information content (AvgIpc) is 2.65. The van der Waals surface area contributed by atoms with E-state index in [4.69, 9.17) is 10.5 Å². The molecule has 0 spiro atoms. The predicted octanol–water partition coefficient (Wildman–Crippen LogP) is 2.65. The summed E-state index contributed by atoms with van der Waals surface area (Å²) in [6.07, 6.45) is 4.68. The number of ether oxygens (including phenoxy) is 1. The minimum atomic E-state index is -0.0811. The van der Waals surface area contributed by atoms with Gasteiger partial charge in [-0.2, -0.15) is 0 Å². The van der Waals surface area contributed by atoms with E-state index in [2.05, 4.69) is 13.0 Å². The van der Waals surface area contributed by atoms with E-state index in [0.29, 0.717) is 6.61 Å². The summed E-state index contributed by atoms with van der Waals surface area (Å²) in [4.78, 5) is 0. The first-order valence-electron chi connectivity index (χ1n) is 5.67. The highest BCUT2D eigenvalue weighted by Gasteiger charge is 2.30. The van der Waals surface area contributed by atoms with Gasteiger partial charge in [-0.25, -0.2) is 0 Å². The molecule has 2 nitrogen and oxygen atoms in total. The largest absolute Gasteiger partial charge is 0.491 e. The van der Waals surface area contributed by atoms with Crippen LogP contribution < -0.4 is 10.5 Å². The van der Waals surface area contributed by atoms with E-state index < -0.39 is 0 Å². The number of para-hydroxylation sites is 1. The molecule has 0 bridgehead atoms. The Balaban J connectivity index is 1.95. The van der Waals surface area contributed by atoms with E-state index in [1.807, 2.05) is 18.2 Å². The SMILES string of the molecule is Cc1ccccc1OCC1(N)CCCC1. The molecule has 2 N–H and O–H groups in total. The smallest absolute Gasteiger partial charge is 0.122 e. The molecule has 1 aromatic carbocycles. The lowest BCUT2D eigenvalue weighted by atomic mass is 10.0. The van der Waals surface area contributed by atoms with Gasteiger partial charge in [-0.15, -0.1) is 0 Å². The van der Waals surface area contributed by atoms with Gasteiger partial charge in [0.25, 0.3) is 0 Å². The van der Waals surface area contributed by atoms with Crippen molar-refractivity contribution in [1.29, 1.82) is 0 Å². The van der Waals surface area contributed by atoms with Gasteiger partial charge in [0.05, 0.1) is 5.54 Å². The van der Waals surface area contributed by atoms with Crippen LogP contribution in [0.4, 0.5) is 0 Å². The van der Waals surface area contributed by atoms with Crippen molar-refractivity contribution in [3.63, 3.8) is 0 Å². The number of benzene rings is 1. The molecule has 1 aliphatic rings. The van der Waals surface area contributed by atoms with Crippen LogP contribution in [-0.4, -0.2) is 12.1 Å². The summed E-state index contributed by atoms with van der Waals surface area (Å²) >= 11 is 0. The van der Waals surface area contributed by atoms with E-state index in [0.717, 1.165) is 18.6 Å². The topological polar surface area (TPSA) is 35.2 Å². The lowest BCUT2D eigenvalue weighted by molar-refractivity contribution is 0.219. The van der Waals surface area contributed by atoms with Gasteiger partial charge in [-0.05, 0) is 31.4 Å². The molecule has 15 heavy (non-hydrogen) atoms. The first kappa shape index (κ1) is 10.5. The number of rotatable bonds is 3. The summed E-state index contributed by atoms with van der Waals surface area (Å²) in [6, 6.07) is 8.09. The van der Waals surface area contributed by atoms with Crippen LogP contribution in [0.2, 0.25) is 0 Å². The van der Waals surface area contributed by atoms with Crippen LogP contribution in [0.15, 0.2) is 24.3 Å². The van der Waals surface area contributed by atoms with E-state index in [1.165, 1.54) is 18.4 Å². The summed E-state index contributed by atoms with van der Waals surface area (Å²) in [6.45, 7) is 2.71. The molecule has 1 fully saturated rings. The number of aryl methyl sites for hydroxylation is 1. The summed E-state index contributed by atoms with van der Waals surface area (Å²) < 4.78 is 5.80. The molecule has 1 saturated carbocycles. The Hall–Kier alpha value is -1.02. The number of hydrogen-bond acceptors (Lipinski definition) is 2. The Morgan fingerprint density at radius 1 is 1.27 bits per heavy atom. The van der Waals surface area contributed by atoms with Crippen molar-refractivity contribution in [3.8, 4) is 5.75 Å². The molecule has 1 aliphatic carbocycles. The molecule has 0 saturated heterocycles. The fourth-order valence-corrected chi connectivity index (χ4v) is 2.16. The maximum absolute atomic E-state index is 6.23. The maximum Gasteiger partial charge on any atom is 0.122 e. The van der Waals surface area contributed by atoms with Gasteiger partial charge in [0, 0.05) is 0 Å². The standard InChI is InChI=1S/C13H19NO/c1-11-6-2-3-7-12(11)15-10-13(14)8-4-5-9-13/h2-3,6-7H,4-5,8-10,14H2,1H3. The summed E-state index contributed by atoms with van der Waals surface area (Å²) in [5.41, 5.74) is 7.33. The van der Waals surface area contributed by atoms with Crippen molar-refractivity contribution in [1.82, 2.24) is 0 Å². The Bertz CT molecular complexity index is 329. The number of nitrogens with two attached hydrogens (primary N) is 1. The van der Waals surface area contributed by atoms with Gasteiger partial charge in [-0.1, -0.05) is 31.0 Å². The van der Waals surface area contributed by atoms with Crippen LogP contribution in [-0.2, 0) is 0 Å². The fourth-order valence-electron chi connectivity index (χ4n) is 2.16. The van der Waals surface area contributed by atoms with Crippen LogP contribution in [0.1, 0.15) is 31.2 Å². The molecular formula is C13H19NO. The summed E-state index contributed by atoms with van der Waals surface area (Å²) in [5.74, 6) is 0.967. The second-order valence-electron chi connectivity index (χ2n) is 4.62. The second kappa shape index (κ2) is 4.23. The molecule has 0 heterocycles. The highest BCUT2D eigenvalue weighted by molar-refractivity contribution is 5.31. The van der Waals surface area contributed by atoms with E-state index in [1.54, 1.807) is 0 Å².